The summed E-state index contributed by atoms with van der Waals surface area (Å²) >= 11 is 0. The fraction of sp³-hybridized carbons (Fsp3) is 0.167. The van der Waals surface area contributed by atoms with E-state index < -0.39 is 11.7 Å². The Morgan fingerprint density at radius 3 is 2.22 bits per heavy atom. The van der Waals surface area contributed by atoms with Crippen molar-refractivity contribution in [1.29, 1.82) is 0 Å². The minimum absolute atomic E-state index is 0.0579. The van der Waals surface area contributed by atoms with Gasteiger partial charge in [0.15, 0.2) is 0 Å². The first-order valence-corrected chi connectivity index (χ1v) is 5.17. The standard InChI is InChI=1S/C12H10F3N3/c13-12(14,15)10-1-3-17-6-8(10)5-9-7-18-4-2-11(9)16/h1-4,6-7H,5H2,(H2,16,18). The lowest BCUT2D eigenvalue weighted by molar-refractivity contribution is -0.138. The summed E-state index contributed by atoms with van der Waals surface area (Å²) in [6, 6.07) is 2.51. The molecule has 2 heterocycles. The molecule has 0 radical (unpaired) electrons. The van der Waals surface area contributed by atoms with Gasteiger partial charge in [-0.1, -0.05) is 0 Å². The molecule has 0 aliphatic carbocycles. The van der Waals surface area contributed by atoms with Crippen LogP contribution in [-0.2, 0) is 12.6 Å². The van der Waals surface area contributed by atoms with Gasteiger partial charge in [-0.2, -0.15) is 13.2 Å². The lowest BCUT2D eigenvalue weighted by Crippen LogP contribution is -2.10. The highest BCUT2D eigenvalue weighted by Crippen LogP contribution is 2.32. The summed E-state index contributed by atoms with van der Waals surface area (Å²) < 4.78 is 38.3. The second kappa shape index (κ2) is 4.64. The molecule has 3 nitrogen and oxygen atoms in total. The van der Waals surface area contributed by atoms with Crippen LogP contribution in [0.15, 0.2) is 36.9 Å². The van der Waals surface area contributed by atoms with Crippen LogP contribution in [0.4, 0.5) is 18.9 Å². The molecule has 0 saturated heterocycles. The second-order valence-corrected chi connectivity index (χ2v) is 3.78. The molecule has 0 bridgehead atoms. The maximum Gasteiger partial charge on any atom is 0.416 e. The minimum Gasteiger partial charge on any atom is -0.398 e. The largest absolute Gasteiger partial charge is 0.416 e. The fourth-order valence-corrected chi connectivity index (χ4v) is 1.64. The van der Waals surface area contributed by atoms with E-state index in [-0.39, 0.29) is 12.0 Å². The first-order chi connectivity index (χ1) is 8.48. The van der Waals surface area contributed by atoms with Crippen LogP contribution < -0.4 is 5.73 Å². The summed E-state index contributed by atoms with van der Waals surface area (Å²) in [5, 5.41) is 0. The first kappa shape index (κ1) is 12.3. The van der Waals surface area contributed by atoms with E-state index in [0.29, 0.717) is 11.3 Å². The molecule has 2 aromatic rings. The summed E-state index contributed by atoms with van der Waals surface area (Å²) in [5.74, 6) is 0. The molecule has 2 aromatic heterocycles. The van der Waals surface area contributed by atoms with Crippen molar-refractivity contribution in [2.24, 2.45) is 0 Å². The van der Waals surface area contributed by atoms with Gasteiger partial charge in [0.05, 0.1) is 5.56 Å². The second-order valence-electron chi connectivity index (χ2n) is 3.78. The van der Waals surface area contributed by atoms with Gasteiger partial charge in [-0.3, -0.25) is 9.97 Å². The predicted octanol–water partition coefficient (Wildman–Crippen LogP) is 2.67. The molecule has 94 valence electrons. The molecule has 2 N–H and O–H groups in total. The number of nitrogens with zero attached hydrogens (tertiary/aromatic N) is 2. The number of pyridine rings is 2. The van der Waals surface area contributed by atoms with Gasteiger partial charge < -0.3 is 5.73 Å². The quantitative estimate of drug-likeness (QED) is 0.895. The molecule has 0 aromatic carbocycles. The maximum atomic E-state index is 12.8. The number of nitrogen functional groups attached to an aromatic ring is 1. The molecule has 6 heteroatoms. The summed E-state index contributed by atoms with van der Waals surface area (Å²) in [5.41, 5.74) is 6.05. The van der Waals surface area contributed by atoms with Crippen molar-refractivity contribution in [2.45, 2.75) is 12.6 Å². The minimum atomic E-state index is -4.39. The zero-order valence-corrected chi connectivity index (χ0v) is 9.28. The van der Waals surface area contributed by atoms with Crippen LogP contribution in [0.2, 0.25) is 0 Å². The van der Waals surface area contributed by atoms with Gasteiger partial charge >= 0.3 is 6.18 Å². The van der Waals surface area contributed by atoms with E-state index in [0.717, 1.165) is 12.3 Å². The van der Waals surface area contributed by atoms with Crippen LogP contribution in [0, 0.1) is 0 Å². The van der Waals surface area contributed by atoms with E-state index in [4.69, 9.17) is 5.73 Å². The normalized spacial score (nSPS) is 11.5. The Bertz CT molecular complexity index is 552. The van der Waals surface area contributed by atoms with E-state index in [1.807, 2.05) is 0 Å². The average molecular weight is 253 g/mol. The van der Waals surface area contributed by atoms with Crippen molar-refractivity contribution in [2.75, 3.05) is 5.73 Å². The lowest BCUT2D eigenvalue weighted by Gasteiger charge is -2.12. The summed E-state index contributed by atoms with van der Waals surface area (Å²) in [6.45, 7) is 0. The van der Waals surface area contributed by atoms with Crippen molar-refractivity contribution in [3.8, 4) is 0 Å². The molecule has 18 heavy (non-hydrogen) atoms. The van der Waals surface area contributed by atoms with Gasteiger partial charge in [0.25, 0.3) is 0 Å². The molecule has 2 rings (SSSR count). The molecular formula is C12H10F3N3. The number of anilines is 1. The monoisotopic (exact) mass is 253 g/mol. The maximum absolute atomic E-state index is 12.8. The molecule has 0 saturated carbocycles. The third kappa shape index (κ3) is 2.58. The number of nitrogens with two attached hydrogens (primary N) is 1. The molecule has 0 unspecified atom stereocenters. The van der Waals surface area contributed by atoms with E-state index in [2.05, 4.69) is 9.97 Å². The van der Waals surface area contributed by atoms with Crippen molar-refractivity contribution < 1.29 is 13.2 Å². The van der Waals surface area contributed by atoms with Gasteiger partial charge in [0, 0.05) is 36.9 Å². The summed E-state index contributed by atoms with van der Waals surface area (Å²) in [4.78, 5) is 7.58. The average Bonchev–Trinajstić information content (AvgIpc) is 2.31. The number of aromatic nitrogens is 2. The summed E-state index contributed by atoms with van der Waals surface area (Å²) in [7, 11) is 0. The number of alkyl halides is 3. The third-order valence-corrected chi connectivity index (χ3v) is 2.53. The Labute approximate surface area is 101 Å². The summed E-state index contributed by atoms with van der Waals surface area (Å²) in [6.07, 6.45) is 0.945. The Morgan fingerprint density at radius 1 is 1.00 bits per heavy atom. The Hall–Kier alpha value is -2.11. The number of hydrogen-bond acceptors (Lipinski definition) is 3. The Morgan fingerprint density at radius 2 is 1.61 bits per heavy atom. The molecule has 0 amide bonds. The molecule has 0 fully saturated rings. The Balaban J connectivity index is 2.39. The fourth-order valence-electron chi connectivity index (χ4n) is 1.64. The Kier molecular flexibility index (Phi) is 3.18. The zero-order chi connectivity index (χ0) is 13.2. The van der Waals surface area contributed by atoms with Gasteiger partial charge in [-0.15, -0.1) is 0 Å². The molecule has 0 aliphatic heterocycles. The van der Waals surface area contributed by atoms with Crippen LogP contribution in [-0.4, -0.2) is 9.97 Å². The van der Waals surface area contributed by atoms with Crippen LogP contribution in [0.3, 0.4) is 0 Å². The van der Waals surface area contributed by atoms with Crippen molar-refractivity contribution in [3.05, 3.63) is 53.6 Å². The van der Waals surface area contributed by atoms with Gasteiger partial charge in [0.1, 0.15) is 0 Å². The topological polar surface area (TPSA) is 51.8 Å². The van der Waals surface area contributed by atoms with E-state index in [9.17, 15) is 13.2 Å². The van der Waals surface area contributed by atoms with Crippen molar-refractivity contribution >= 4 is 5.69 Å². The highest BCUT2D eigenvalue weighted by molar-refractivity contribution is 5.47. The lowest BCUT2D eigenvalue weighted by atomic mass is 10.0. The van der Waals surface area contributed by atoms with Crippen LogP contribution in [0.25, 0.3) is 0 Å². The van der Waals surface area contributed by atoms with Gasteiger partial charge in [-0.25, -0.2) is 0 Å². The SMILES string of the molecule is Nc1ccncc1Cc1cnccc1C(F)(F)F. The highest BCUT2D eigenvalue weighted by Gasteiger charge is 2.33. The molecule has 0 spiro atoms. The third-order valence-electron chi connectivity index (χ3n) is 2.53. The number of hydrogen-bond donors (Lipinski definition) is 1. The zero-order valence-electron chi connectivity index (χ0n) is 9.28. The number of halogens is 3. The molecule has 0 aliphatic rings. The van der Waals surface area contributed by atoms with E-state index in [1.165, 1.54) is 18.6 Å². The highest BCUT2D eigenvalue weighted by atomic mass is 19.4. The molecular weight excluding hydrogens is 243 g/mol. The smallest absolute Gasteiger partial charge is 0.398 e. The van der Waals surface area contributed by atoms with Crippen LogP contribution in [0.5, 0.6) is 0 Å². The van der Waals surface area contributed by atoms with E-state index >= 15 is 0 Å². The van der Waals surface area contributed by atoms with E-state index in [1.54, 1.807) is 6.07 Å². The van der Waals surface area contributed by atoms with Crippen molar-refractivity contribution in [1.82, 2.24) is 9.97 Å². The molecule has 0 atom stereocenters. The predicted molar refractivity (Wildman–Crippen MR) is 60.7 cm³/mol. The van der Waals surface area contributed by atoms with Crippen LogP contribution in [0.1, 0.15) is 16.7 Å². The van der Waals surface area contributed by atoms with Gasteiger partial charge in [-0.05, 0) is 23.3 Å². The van der Waals surface area contributed by atoms with Gasteiger partial charge in [0.2, 0.25) is 0 Å². The first-order valence-electron chi connectivity index (χ1n) is 5.17. The number of rotatable bonds is 2. The van der Waals surface area contributed by atoms with Crippen LogP contribution >= 0.6 is 0 Å². The van der Waals surface area contributed by atoms with Crippen molar-refractivity contribution in [3.63, 3.8) is 0 Å².